The maximum atomic E-state index is 5.97. The molecule has 2 N–H and O–H groups in total. The van der Waals surface area contributed by atoms with Crippen LogP contribution in [0.15, 0.2) is 42.7 Å². The molecule has 0 aliphatic carbocycles. The summed E-state index contributed by atoms with van der Waals surface area (Å²) in [4.78, 5) is 4.05. The summed E-state index contributed by atoms with van der Waals surface area (Å²) in [7, 11) is 0. The Balaban J connectivity index is 2.19. The summed E-state index contributed by atoms with van der Waals surface area (Å²) in [5.74, 6) is 1.25. The molecule has 0 saturated carbocycles. The number of hydrogen-bond acceptors (Lipinski definition) is 3. The smallest absolute Gasteiger partial charge is 0.119 e. The number of aromatic nitrogens is 1. The molecule has 0 radical (unpaired) electrons. The first-order valence-electron chi connectivity index (χ1n) is 7.07. The quantitative estimate of drug-likeness (QED) is 0.877. The third-order valence-electron chi connectivity index (χ3n) is 3.51. The normalized spacial score (nSPS) is 12.2. The molecule has 0 spiro atoms. The van der Waals surface area contributed by atoms with Crippen molar-refractivity contribution >= 4 is 0 Å². The van der Waals surface area contributed by atoms with E-state index in [0.717, 1.165) is 12.2 Å². The molecule has 0 aliphatic rings. The van der Waals surface area contributed by atoms with Crippen molar-refractivity contribution in [3.05, 3.63) is 59.4 Å². The summed E-state index contributed by atoms with van der Waals surface area (Å²) in [5.41, 5.74) is 9.77. The summed E-state index contributed by atoms with van der Waals surface area (Å²) < 4.78 is 5.53. The number of rotatable bonds is 6. The van der Waals surface area contributed by atoms with Crippen LogP contribution < -0.4 is 10.5 Å². The van der Waals surface area contributed by atoms with Crippen LogP contribution >= 0.6 is 0 Å². The molecule has 3 nitrogen and oxygen atoms in total. The van der Waals surface area contributed by atoms with Crippen molar-refractivity contribution < 1.29 is 4.74 Å². The van der Waals surface area contributed by atoms with Crippen LogP contribution in [-0.4, -0.2) is 18.1 Å². The molecule has 106 valence electrons. The highest BCUT2D eigenvalue weighted by molar-refractivity contribution is 5.38. The Bertz CT molecular complexity index is 540. The largest absolute Gasteiger partial charge is 0.494 e. The van der Waals surface area contributed by atoms with Crippen LogP contribution in [0.5, 0.6) is 5.75 Å². The van der Waals surface area contributed by atoms with Gasteiger partial charge >= 0.3 is 0 Å². The predicted molar refractivity (Wildman–Crippen MR) is 82.1 cm³/mol. The Morgan fingerprint density at radius 1 is 1.20 bits per heavy atom. The third-order valence-corrected chi connectivity index (χ3v) is 3.51. The van der Waals surface area contributed by atoms with Crippen LogP contribution in [-0.2, 0) is 6.42 Å². The summed E-state index contributed by atoms with van der Waals surface area (Å²) in [6.07, 6.45) is 4.59. The van der Waals surface area contributed by atoms with Crippen molar-refractivity contribution in [2.45, 2.75) is 26.2 Å². The van der Waals surface area contributed by atoms with E-state index in [1.165, 1.54) is 16.7 Å². The summed E-state index contributed by atoms with van der Waals surface area (Å²) in [6.45, 7) is 5.44. The van der Waals surface area contributed by atoms with Gasteiger partial charge in [-0.2, -0.15) is 0 Å². The average molecular weight is 270 g/mol. The van der Waals surface area contributed by atoms with E-state index in [1.807, 2.05) is 37.5 Å². The molecule has 20 heavy (non-hydrogen) atoms. The fourth-order valence-corrected chi connectivity index (χ4v) is 2.49. The van der Waals surface area contributed by atoms with Gasteiger partial charge in [-0.3, -0.25) is 4.98 Å². The number of hydrogen-bond donors (Lipinski definition) is 1. The van der Waals surface area contributed by atoms with Gasteiger partial charge in [0.05, 0.1) is 6.61 Å². The highest BCUT2D eigenvalue weighted by atomic mass is 16.5. The van der Waals surface area contributed by atoms with Gasteiger partial charge in [-0.05, 0) is 67.8 Å². The van der Waals surface area contributed by atoms with Crippen LogP contribution in [0.2, 0.25) is 0 Å². The molecular formula is C17H22N2O. The van der Waals surface area contributed by atoms with E-state index in [4.69, 9.17) is 10.5 Å². The molecule has 1 heterocycles. The lowest BCUT2D eigenvalue weighted by Crippen LogP contribution is -2.16. The minimum atomic E-state index is 0.327. The first kappa shape index (κ1) is 14.5. The van der Waals surface area contributed by atoms with E-state index >= 15 is 0 Å². The zero-order valence-corrected chi connectivity index (χ0v) is 12.2. The number of ether oxygens (including phenoxy) is 1. The summed E-state index contributed by atoms with van der Waals surface area (Å²) in [6, 6.07) is 10.4. The minimum absolute atomic E-state index is 0.327. The van der Waals surface area contributed by atoms with Gasteiger partial charge in [-0.15, -0.1) is 0 Å². The van der Waals surface area contributed by atoms with Crippen LogP contribution in [0.4, 0.5) is 0 Å². The molecule has 0 amide bonds. The molecular weight excluding hydrogens is 248 g/mol. The molecule has 1 unspecified atom stereocenters. The maximum Gasteiger partial charge on any atom is 0.119 e. The Hall–Kier alpha value is -1.87. The van der Waals surface area contributed by atoms with Gasteiger partial charge in [-0.1, -0.05) is 6.07 Å². The van der Waals surface area contributed by atoms with Crippen molar-refractivity contribution in [3.63, 3.8) is 0 Å². The first-order chi connectivity index (χ1) is 9.74. The van der Waals surface area contributed by atoms with Crippen molar-refractivity contribution in [2.24, 2.45) is 5.73 Å². The Labute approximate surface area is 120 Å². The van der Waals surface area contributed by atoms with E-state index in [9.17, 15) is 0 Å². The standard InChI is InChI=1S/C17H22N2O/c1-3-20-16-4-5-17(13(2)10-16)15(12-18)11-14-6-8-19-9-7-14/h4-10,15H,3,11-12,18H2,1-2H3. The molecule has 2 rings (SSSR count). The molecule has 3 heteroatoms. The molecule has 0 saturated heterocycles. The van der Waals surface area contributed by atoms with Gasteiger partial charge in [-0.25, -0.2) is 0 Å². The molecule has 0 aliphatic heterocycles. The lowest BCUT2D eigenvalue weighted by molar-refractivity contribution is 0.340. The summed E-state index contributed by atoms with van der Waals surface area (Å²) in [5, 5.41) is 0. The fourth-order valence-electron chi connectivity index (χ4n) is 2.49. The number of aryl methyl sites for hydroxylation is 1. The van der Waals surface area contributed by atoms with Crippen LogP contribution in [0.1, 0.15) is 29.5 Å². The molecule has 1 aromatic heterocycles. The van der Waals surface area contributed by atoms with Crippen molar-refractivity contribution in [2.75, 3.05) is 13.2 Å². The van der Waals surface area contributed by atoms with Crippen LogP contribution in [0, 0.1) is 6.92 Å². The van der Waals surface area contributed by atoms with E-state index < -0.39 is 0 Å². The Morgan fingerprint density at radius 2 is 1.95 bits per heavy atom. The molecule has 0 bridgehead atoms. The lowest BCUT2D eigenvalue weighted by atomic mass is 9.89. The Morgan fingerprint density at radius 3 is 2.55 bits per heavy atom. The van der Waals surface area contributed by atoms with E-state index in [-0.39, 0.29) is 0 Å². The SMILES string of the molecule is CCOc1ccc(C(CN)Cc2ccncc2)c(C)c1. The van der Waals surface area contributed by atoms with Crippen molar-refractivity contribution in [1.82, 2.24) is 4.98 Å². The second kappa shape index (κ2) is 7.06. The van der Waals surface area contributed by atoms with Crippen LogP contribution in [0.25, 0.3) is 0 Å². The molecule has 1 atom stereocenters. The predicted octanol–water partition coefficient (Wildman–Crippen LogP) is 3.07. The fraction of sp³-hybridized carbons (Fsp3) is 0.353. The zero-order valence-electron chi connectivity index (χ0n) is 12.2. The van der Waals surface area contributed by atoms with Gasteiger partial charge < -0.3 is 10.5 Å². The van der Waals surface area contributed by atoms with E-state index in [0.29, 0.717) is 19.1 Å². The van der Waals surface area contributed by atoms with Gasteiger partial charge in [0.2, 0.25) is 0 Å². The second-order valence-corrected chi connectivity index (χ2v) is 4.94. The van der Waals surface area contributed by atoms with Crippen molar-refractivity contribution in [3.8, 4) is 5.75 Å². The minimum Gasteiger partial charge on any atom is -0.494 e. The van der Waals surface area contributed by atoms with Gasteiger partial charge in [0, 0.05) is 18.3 Å². The molecule has 2 aromatic rings. The summed E-state index contributed by atoms with van der Waals surface area (Å²) >= 11 is 0. The van der Waals surface area contributed by atoms with Gasteiger partial charge in [0.1, 0.15) is 5.75 Å². The highest BCUT2D eigenvalue weighted by Crippen LogP contribution is 2.26. The number of nitrogens with zero attached hydrogens (tertiary/aromatic N) is 1. The average Bonchev–Trinajstić information content (AvgIpc) is 2.47. The maximum absolute atomic E-state index is 5.97. The first-order valence-corrected chi connectivity index (χ1v) is 7.07. The van der Waals surface area contributed by atoms with E-state index in [2.05, 4.69) is 24.0 Å². The zero-order chi connectivity index (χ0) is 14.4. The number of pyridine rings is 1. The molecule has 1 aromatic carbocycles. The lowest BCUT2D eigenvalue weighted by Gasteiger charge is -2.18. The van der Waals surface area contributed by atoms with Crippen LogP contribution in [0.3, 0.4) is 0 Å². The Kier molecular flexibility index (Phi) is 5.13. The highest BCUT2D eigenvalue weighted by Gasteiger charge is 2.13. The van der Waals surface area contributed by atoms with E-state index in [1.54, 1.807) is 0 Å². The molecule has 0 fully saturated rings. The number of nitrogens with two attached hydrogens (primary N) is 1. The second-order valence-electron chi connectivity index (χ2n) is 4.94. The van der Waals surface area contributed by atoms with Gasteiger partial charge in [0.25, 0.3) is 0 Å². The van der Waals surface area contributed by atoms with Crippen molar-refractivity contribution in [1.29, 1.82) is 0 Å². The third kappa shape index (κ3) is 3.58. The van der Waals surface area contributed by atoms with Gasteiger partial charge in [0.15, 0.2) is 0 Å². The number of benzene rings is 1. The topological polar surface area (TPSA) is 48.1 Å². The monoisotopic (exact) mass is 270 g/mol.